The Hall–Kier alpha value is -2.80. The lowest BCUT2D eigenvalue weighted by atomic mass is 10.1. The van der Waals surface area contributed by atoms with E-state index in [1.807, 2.05) is 25.9 Å². The van der Waals surface area contributed by atoms with Crippen molar-refractivity contribution in [3.63, 3.8) is 0 Å². The number of hydrogen-bond acceptors (Lipinski definition) is 8. The fourth-order valence-electron chi connectivity index (χ4n) is 4.24. The maximum absolute atomic E-state index is 13.9. The number of benzene rings is 1. The van der Waals surface area contributed by atoms with Crippen LogP contribution in [0.5, 0.6) is 0 Å². The van der Waals surface area contributed by atoms with E-state index in [0.717, 1.165) is 24.3 Å². The summed E-state index contributed by atoms with van der Waals surface area (Å²) in [5, 5.41) is 4.07. The number of ether oxygens (including phenoxy) is 1. The van der Waals surface area contributed by atoms with E-state index >= 15 is 0 Å². The number of anilines is 1. The van der Waals surface area contributed by atoms with Gasteiger partial charge in [-0.3, -0.25) is 14.4 Å². The number of amides is 1. The Morgan fingerprint density at radius 1 is 1.33 bits per heavy atom. The second-order valence-electron chi connectivity index (χ2n) is 10.0. The van der Waals surface area contributed by atoms with Gasteiger partial charge in [0.2, 0.25) is 16.0 Å². The van der Waals surface area contributed by atoms with Crippen molar-refractivity contribution in [1.29, 1.82) is 0 Å². The SMILES string of the molecule is [2H]C([2H])(c1cnn(C)c1)N1C(=O)c2cc(S(=O)(=O)NC3(C)CC3)ccc2N2C1=NCC2COCCN(C)C. The zero-order valence-corrected chi connectivity index (χ0v) is 21.7. The minimum Gasteiger partial charge on any atom is -0.378 e. The van der Waals surface area contributed by atoms with Gasteiger partial charge in [-0.05, 0) is 52.1 Å². The zero-order chi connectivity index (χ0) is 27.5. The fourth-order valence-corrected chi connectivity index (χ4v) is 5.73. The molecule has 1 N–H and O–H groups in total. The van der Waals surface area contributed by atoms with Gasteiger partial charge in [0.1, 0.15) is 0 Å². The molecule has 3 aliphatic rings. The highest BCUT2D eigenvalue weighted by atomic mass is 32.2. The number of aryl methyl sites for hydroxylation is 1. The minimum absolute atomic E-state index is 0.0435. The summed E-state index contributed by atoms with van der Waals surface area (Å²) in [5.41, 5.74) is 0.257. The van der Waals surface area contributed by atoms with Gasteiger partial charge in [-0.25, -0.2) is 18.1 Å². The second kappa shape index (κ2) is 9.25. The molecule has 1 aliphatic carbocycles. The van der Waals surface area contributed by atoms with Crippen LogP contribution in [0.2, 0.25) is 0 Å². The minimum atomic E-state index is -3.88. The Labute approximate surface area is 214 Å². The number of aliphatic imine (C=N–C) groups is 1. The van der Waals surface area contributed by atoms with Crippen molar-refractivity contribution in [3.8, 4) is 0 Å². The van der Waals surface area contributed by atoms with E-state index in [0.29, 0.717) is 25.4 Å². The summed E-state index contributed by atoms with van der Waals surface area (Å²) in [6.07, 6.45) is 4.37. The molecule has 3 heterocycles. The normalized spacial score (nSPS) is 21.8. The molecule has 1 unspecified atom stereocenters. The van der Waals surface area contributed by atoms with E-state index < -0.39 is 28.0 Å². The van der Waals surface area contributed by atoms with E-state index in [1.165, 1.54) is 29.2 Å². The molecule has 36 heavy (non-hydrogen) atoms. The van der Waals surface area contributed by atoms with Crippen molar-refractivity contribution < 1.29 is 20.7 Å². The maximum Gasteiger partial charge on any atom is 0.263 e. The van der Waals surface area contributed by atoms with Gasteiger partial charge in [-0.1, -0.05) is 0 Å². The first-order chi connectivity index (χ1) is 17.8. The monoisotopic (exact) mass is 517 g/mol. The molecule has 1 aromatic carbocycles. The summed E-state index contributed by atoms with van der Waals surface area (Å²) in [4.78, 5) is 23.2. The van der Waals surface area contributed by atoms with E-state index in [-0.39, 0.29) is 28.0 Å². The topological polar surface area (TPSA) is 112 Å². The van der Waals surface area contributed by atoms with Gasteiger partial charge in [-0.15, -0.1) is 0 Å². The van der Waals surface area contributed by atoms with Crippen LogP contribution in [0, 0.1) is 0 Å². The van der Waals surface area contributed by atoms with Crippen molar-refractivity contribution in [2.75, 3.05) is 45.3 Å². The third kappa shape index (κ3) is 4.90. The summed E-state index contributed by atoms with van der Waals surface area (Å²) in [6.45, 7) is 1.38. The summed E-state index contributed by atoms with van der Waals surface area (Å²) in [6, 6.07) is 4.11. The number of guanidine groups is 1. The molecule has 194 valence electrons. The van der Waals surface area contributed by atoms with Gasteiger partial charge in [0.15, 0.2) is 0 Å². The molecule has 2 aliphatic heterocycles. The van der Waals surface area contributed by atoms with Crippen LogP contribution in [0.1, 0.15) is 38.4 Å². The highest BCUT2D eigenvalue weighted by Crippen LogP contribution is 2.38. The number of carbonyl (C=O) groups is 1. The van der Waals surface area contributed by atoms with Crippen LogP contribution in [0.15, 0.2) is 40.5 Å². The first-order valence-corrected chi connectivity index (χ1v) is 13.4. The lowest BCUT2D eigenvalue weighted by Crippen LogP contribution is -2.53. The number of carbonyl (C=O) groups excluding carboxylic acids is 1. The third-order valence-corrected chi connectivity index (χ3v) is 8.15. The molecule has 5 rings (SSSR count). The molecular formula is C24H33N7O4S. The van der Waals surface area contributed by atoms with Crippen LogP contribution in [0.4, 0.5) is 5.69 Å². The van der Waals surface area contributed by atoms with Crippen LogP contribution in [0.25, 0.3) is 0 Å². The Bertz CT molecular complexity index is 1390. The van der Waals surface area contributed by atoms with Crippen molar-refractivity contribution in [1.82, 2.24) is 24.3 Å². The van der Waals surface area contributed by atoms with Gasteiger partial charge in [-0.2, -0.15) is 5.10 Å². The second-order valence-corrected chi connectivity index (χ2v) is 11.7. The lowest BCUT2D eigenvalue weighted by Gasteiger charge is -2.38. The van der Waals surface area contributed by atoms with Crippen LogP contribution in [-0.2, 0) is 28.3 Å². The molecule has 0 saturated heterocycles. The third-order valence-electron chi connectivity index (χ3n) is 6.52. The Kier molecular flexibility index (Phi) is 5.76. The number of nitrogens with one attached hydrogen (secondary N) is 1. The molecule has 0 spiro atoms. The smallest absolute Gasteiger partial charge is 0.263 e. The van der Waals surface area contributed by atoms with Crippen LogP contribution in [-0.4, -0.2) is 91.8 Å². The Balaban J connectivity index is 1.54. The summed E-state index contributed by atoms with van der Waals surface area (Å²) in [7, 11) is 1.69. The number of nitrogens with zero attached hydrogens (tertiary/aromatic N) is 6. The van der Waals surface area contributed by atoms with E-state index in [9.17, 15) is 13.2 Å². The predicted octanol–water partition coefficient (Wildman–Crippen LogP) is 1.03. The van der Waals surface area contributed by atoms with Crippen molar-refractivity contribution in [2.45, 2.75) is 42.7 Å². The summed E-state index contributed by atoms with van der Waals surface area (Å²) < 4.78 is 54.2. The van der Waals surface area contributed by atoms with Gasteiger partial charge >= 0.3 is 0 Å². The number of fused-ring (bicyclic) bond motifs is 3. The number of aromatic nitrogens is 2. The molecule has 11 nitrogen and oxygen atoms in total. The van der Waals surface area contributed by atoms with Crippen LogP contribution >= 0.6 is 0 Å². The van der Waals surface area contributed by atoms with Gasteiger partial charge in [0.25, 0.3) is 5.91 Å². The quantitative estimate of drug-likeness (QED) is 0.469. The van der Waals surface area contributed by atoms with Crippen molar-refractivity contribution >= 4 is 27.6 Å². The van der Waals surface area contributed by atoms with E-state index in [1.54, 1.807) is 18.0 Å². The zero-order valence-electron chi connectivity index (χ0n) is 22.9. The first-order valence-electron chi connectivity index (χ1n) is 12.9. The molecule has 1 amide bonds. The van der Waals surface area contributed by atoms with E-state index in [2.05, 4.69) is 14.8 Å². The number of sulfonamides is 1. The fraction of sp³-hybridized carbons (Fsp3) is 0.542. The van der Waals surface area contributed by atoms with E-state index in [4.69, 9.17) is 7.48 Å². The van der Waals surface area contributed by atoms with Gasteiger partial charge in [0.05, 0.1) is 57.4 Å². The van der Waals surface area contributed by atoms with Gasteiger partial charge < -0.3 is 14.5 Å². The number of hydrogen-bond donors (Lipinski definition) is 1. The molecule has 12 heteroatoms. The lowest BCUT2D eigenvalue weighted by molar-refractivity contribution is 0.0827. The highest BCUT2D eigenvalue weighted by molar-refractivity contribution is 7.89. The largest absolute Gasteiger partial charge is 0.378 e. The molecule has 1 aromatic heterocycles. The van der Waals surface area contributed by atoms with Crippen molar-refractivity contribution in [2.24, 2.45) is 12.0 Å². The standard InChI is InChI=1S/C24H33N7O4S/c1-24(7-8-24)27-36(33,34)19-5-6-21-20(11-19)22(32)30(15-17-12-26-29(4)14-17)23-25-13-18(31(21)23)16-35-10-9-28(2)3/h5-6,11-12,14,18,27H,7-10,13,15-16H2,1-4H3/i15D2. The molecule has 0 radical (unpaired) electrons. The molecule has 1 atom stereocenters. The molecule has 2 aromatic rings. The molecular weight excluding hydrogens is 482 g/mol. The maximum atomic E-state index is 13.9. The molecule has 1 saturated carbocycles. The van der Waals surface area contributed by atoms with Crippen molar-refractivity contribution in [3.05, 3.63) is 41.7 Å². The average molecular weight is 518 g/mol. The average Bonchev–Trinajstić information content (AvgIpc) is 3.20. The van der Waals surface area contributed by atoms with Gasteiger partial charge in [0, 0.05) is 30.9 Å². The Morgan fingerprint density at radius 2 is 2.11 bits per heavy atom. The number of rotatable bonds is 10. The molecule has 1 fully saturated rings. The summed E-state index contributed by atoms with van der Waals surface area (Å²) >= 11 is 0. The number of likely N-dealkylation sites (N-methyl/N-ethyl adjacent to an activating group) is 1. The first kappa shape index (κ1) is 22.4. The Morgan fingerprint density at radius 3 is 2.78 bits per heavy atom. The molecule has 0 bridgehead atoms. The summed E-state index contributed by atoms with van der Waals surface area (Å²) in [5.74, 6) is -0.510. The highest BCUT2D eigenvalue weighted by Gasteiger charge is 2.44. The van der Waals surface area contributed by atoms with Crippen LogP contribution in [0.3, 0.4) is 0 Å². The predicted molar refractivity (Wildman–Crippen MR) is 135 cm³/mol. The van der Waals surface area contributed by atoms with Crippen LogP contribution < -0.4 is 9.62 Å².